The van der Waals surface area contributed by atoms with Gasteiger partial charge in [-0.15, -0.1) is 0 Å². The lowest BCUT2D eigenvalue weighted by atomic mass is 10.1. The van der Waals surface area contributed by atoms with Gasteiger partial charge in [0.25, 0.3) is 0 Å². The fourth-order valence-electron chi connectivity index (χ4n) is 1.99. The van der Waals surface area contributed by atoms with Crippen molar-refractivity contribution in [3.63, 3.8) is 0 Å². The largest absolute Gasteiger partial charge is 0.496 e. The Kier molecular flexibility index (Phi) is 4.09. The molecule has 1 fully saturated rings. The number of hydrogen-bond donors (Lipinski definition) is 1. The van der Waals surface area contributed by atoms with E-state index in [9.17, 15) is 18.8 Å². The van der Waals surface area contributed by atoms with Gasteiger partial charge in [0, 0.05) is 0 Å². The van der Waals surface area contributed by atoms with E-state index in [4.69, 9.17) is 4.74 Å². The summed E-state index contributed by atoms with van der Waals surface area (Å²) in [4.78, 5) is 35.9. The monoisotopic (exact) mass is 280 g/mol. The standard InChI is InChI=1S/C13H13FN2O4/c1-20-11-3-2-8(14)4-9(11)10(17)5-16-6-12(18)15-13(19)7-16/h2-4H,5-7H2,1H3,(H,15,18,19). The Morgan fingerprint density at radius 1 is 1.35 bits per heavy atom. The first-order valence-electron chi connectivity index (χ1n) is 5.91. The van der Waals surface area contributed by atoms with Gasteiger partial charge in [0.15, 0.2) is 5.78 Å². The van der Waals surface area contributed by atoms with E-state index in [1.165, 1.54) is 24.1 Å². The molecule has 1 aliphatic rings. The minimum Gasteiger partial charge on any atom is -0.496 e. The Bertz CT molecular complexity index is 557. The number of rotatable bonds is 4. The molecule has 1 saturated heterocycles. The third kappa shape index (κ3) is 3.18. The van der Waals surface area contributed by atoms with Gasteiger partial charge in [0.2, 0.25) is 11.8 Å². The van der Waals surface area contributed by atoms with Crippen LogP contribution in [0, 0.1) is 5.82 Å². The molecule has 0 aliphatic carbocycles. The molecule has 1 aromatic rings. The molecule has 1 aliphatic heterocycles. The van der Waals surface area contributed by atoms with E-state index in [0.29, 0.717) is 0 Å². The maximum Gasteiger partial charge on any atom is 0.240 e. The molecule has 2 rings (SSSR count). The van der Waals surface area contributed by atoms with Gasteiger partial charge in [-0.05, 0) is 18.2 Å². The molecule has 7 heteroatoms. The average molecular weight is 280 g/mol. The zero-order valence-corrected chi connectivity index (χ0v) is 10.8. The Hall–Kier alpha value is -2.28. The zero-order chi connectivity index (χ0) is 14.7. The summed E-state index contributed by atoms with van der Waals surface area (Å²) in [6, 6.07) is 3.62. The van der Waals surface area contributed by atoms with Crippen molar-refractivity contribution in [1.82, 2.24) is 10.2 Å². The highest BCUT2D eigenvalue weighted by molar-refractivity contribution is 6.03. The second kappa shape index (κ2) is 5.79. The van der Waals surface area contributed by atoms with Gasteiger partial charge in [-0.3, -0.25) is 24.6 Å². The van der Waals surface area contributed by atoms with Crippen LogP contribution >= 0.6 is 0 Å². The van der Waals surface area contributed by atoms with Gasteiger partial charge in [-0.1, -0.05) is 0 Å². The topological polar surface area (TPSA) is 75.7 Å². The van der Waals surface area contributed by atoms with E-state index >= 15 is 0 Å². The van der Waals surface area contributed by atoms with Crippen molar-refractivity contribution in [3.05, 3.63) is 29.6 Å². The van der Waals surface area contributed by atoms with Gasteiger partial charge in [-0.25, -0.2) is 4.39 Å². The second-order valence-corrected chi connectivity index (χ2v) is 4.38. The number of carbonyl (C=O) groups excluding carboxylic acids is 3. The number of Topliss-reactive ketones (excluding diaryl/α,β-unsaturated/α-hetero) is 1. The first-order chi connectivity index (χ1) is 9.49. The number of benzene rings is 1. The first-order valence-corrected chi connectivity index (χ1v) is 5.91. The Labute approximate surface area is 114 Å². The second-order valence-electron chi connectivity index (χ2n) is 4.38. The molecule has 0 unspecified atom stereocenters. The van der Waals surface area contributed by atoms with E-state index in [1.807, 2.05) is 0 Å². The summed E-state index contributed by atoms with van der Waals surface area (Å²) < 4.78 is 18.2. The summed E-state index contributed by atoms with van der Waals surface area (Å²) in [5, 5.41) is 2.14. The lowest BCUT2D eigenvalue weighted by Crippen LogP contribution is -2.52. The number of ether oxygens (including phenoxy) is 1. The number of hydrogen-bond acceptors (Lipinski definition) is 5. The van der Waals surface area contributed by atoms with Crippen molar-refractivity contribution >= 4 is 17.6 Å². The molecule has 2 amide bonds. The molecule has 1 N–H and O–H groups in total. The van der Waals surface area contributed by atoms with E-state index in [2.05, 4.69) is 5.32 Å². The van der Waals surface area contributed by atoms with Crippen LogP contribution in [0.1, 0.15) is 10.4 Å². The van der Waals surface area contributed by atoms with Crippen LogP contribution in [-0.2, 0) is 9.59 Å². The van der Waals surface area contributed by atoms with Crippen molar-refractivity contribution in [1.29, 1.82) is 0 Å². The number of amides is 2. The maximum absolute atomic E-state index is 13.2. The third-order valence-corrected chi connectivity index (χ3v) is 2.84. The number of carbonyl (C=O) groups is 3. The van der Waals surface area contributed by atoms with E-state index < -0.39 is 23.4 Å². The lowest BCUT2D eigenvalue weighted by Gasteiger charge is -2.24. The molecule has 0 aromatic heterocycles. The van der Waals surface area contributed by atoms with E-state index in [0.717, 1.165) is 6.07 Å². The highest BCUT2D eigenvalue weighted by Gasteiger charge is 2.25. The van der Waals surface area contributed by atoms with E-state index in [1.54, 1.807) is 0 Å². The average Bonchev–Trinajstić information content (AvgIpc) is 2.37. The van der Waals surface area contributed by atoms with Gasteiger partial charge >= 0.3 is 0 Å². The summed E-state index contributed by atoms with van der Waals surface area (Å²) in [6.07, 6.45) is 0. The maximum atomic E-state index is 13.2. The summed E-state index contributed by atoms with van der Waals surface area (Å²) in [6.45, 7) is -0.247. The van der Waals surface area contributed by atoms with Crippen LogP contribution in [0.4, 0.5) is 4.39 Å². The van der Waals surface area contributed by atoms with Gasteiger partial charge in [-0.2, -0.15) is 0 Å². The minimum atomic E-state index is -0.554. The lowest BCUT2D eigenvalue weighted by molar-refractivity contribution is -0.135. The van der Waals surface area contributed by atoms with Crippen LogP contribution in [0.5, 0.6) is 5.75 Å². The third-order valence-electron chi connectivity index (χ3n) is 2.84. The van der Waals surface area contributed by atoms with Crippen molar-refractivity contribution < 1.29 is 23.5 Å². The van der Waals surface area contributed by atoms with Crippen LogP contribution in [0.2, 0.25) is 0 Å². The number of imide groups is 1. The molecule has 0 radical (unpaired) electrons. The summed E-state index contributed by atoms with van der Waals surface area (Å²) >= 11 is 0. The molecule has 106 valence electrons. The highest BCUT2D eigenvalue weighted by Crippen LogP contribution is 2.20. The van der Waals surface area contributed by atoms with Crippen LogP contribution in [-0.4, -0.2) is 49.2 Å². The fraction of sp³-hybridized carbons (Fsp3) is 0.308. The van der Waals surface area contributed by atoms with Crippen LogP contribution in [0.15, 0.2) is 18.2 Å². The normalized spacial score (nSPS) is 15.9. The molecule has 0 saturated carbocycles. The number of methoxy groups -OCH3 is 1. The molecule has 0 spiro atoms. The van der Waals surface area contributed by atoms with Gasteiger partial charge in [0.1, 0.15) is 11.6 Å². The van der Waals surface area contributed by atoms with Crippen LogP contribution in [0.3, 0.4) is 0 Å². The minimum absolute atomic E-state index is 0.0465. The highest BCUT2D eigenvalue weighted by atomic mass is 19.1. The molecular formula is C13H13FN2O4. The molecular weight excluding hydrogens is 267 g/mol. The van der Waals surface area contributed by atoms with Gasteiger partial charge < -0.3 is 4.74 Å². The molecule has 1 aromatic carbocycles. The number of nitrogens with zero attached hydrogens (tertiary/aromatic N) is 1. The van der Waals surface area contributed by atoms with Gasteiger partial charge in [0.05, 0.1) is 32.3 Å². The first kappa shape index (κ1) is 14.1. The van der Waals surface area contributed by atoms with Crippen LogP contribution < -0.4 is 10.1 Å². The number of piperazine rings is 1. The van der Waals surface area contributed by atoms with Crippen molar-refractivity contribution in [2.75, 3.05) is 26.7 Å². The Morgan fingerprint density at radius 2 is 2.00 bits per heavy atom. The molecule has 1 heterocycles. The summed E-state index contributed by atoms with van der Waals surface area (Å²) in [7, 11) is 1.38. The molecule has 0 bridgehead atoms. The quantitative estimate of drug-likeness (QED) is 0.619. The predicted molar refractivity (Wildman–Crippen MR) is 66.9 cm³/mol. The smallest absolute Gasteiger partial charge is 0.240 e. The number of halogens is 1. The summed E-state index contributed by atoms with van der Waals surface area (Å²) in [5.74, 6) is -1.63. The number of ketones is 1. The zero-order valence-electron chi connectivity index (χ0n) is 10.8. The fourth-order valence-corrected chi connectivity index (χ4v) is 1.99. The Morgan fingerprint density at radius 3 is 2.60 bits per heavy atom. The SMILES string of the molecule is COc1ccc(F)cc1C(=O)CN1CC(=O)NC(=O)C1. The van der Waals surface area contributed by atoms with Crippen molar-refractivity contribution in [3.8, 4) is 5.75 Å². The Balaban J connectivity index is 2.14. The van der Waals surface area contributed by atoms with Crippen molar-refractivity contribution in [2.24, 2.45) is 0 Å². The molecule has 6 nitrogen and oxygen atoms in total. The number of nitrogens with one attached hydrogen (secondary N) is 1. The van der Waals surface area contributed by atoms with Crippen molar-refractivity contribution in [2.45, 2.75) is 0 Å². The summed E-state index contributed by atoms with van der Waals surface area (Å²) in [5.41, 5.74) is 0.0888. The van der Waals surface area contributed by atoms with Crippen LogP contribution in [0.25, 0.3) is 0 Å². The predicted octanol–water partition coefficient (Wildman–Crippen LogP) is -0.0246. The molecule has 20 heavy (non-hydrogen) atoms. The van der Waals surface area contributed by atoms with E-state index in [-0.39, 0.29) is 30.9 Å². The molecule has 0 atom stereocenters.